The lowest BCUT2D eigenvalue weighted by Crippen LogP contribution is -2.24. The normalized spacial score (nSPS) is 14.0. The highest BCUT2D eigenvalue weighted by Crippen LogP contribution is 2.33. The van der Waals surface area contributed by atoms with Gasteiger partial charge in [0.15, 0.2) is 0 Å². The molecule has 0 saturated heterocycles. The van der Waals surface area contributed by atoms with Gasteiger partial charge >= 0.3 is 0 Å². The van der Waals surface area contributed by atoms with Crippen LogP contribution in [0.1, 0.15) is 12.0 Å². The second-order valence-electron chi connectivity index (χ2n) is 8.49. The minimum atomic E-state index is 0.755. The van der Waals surface area contributed by atoms with Crippen molar-refractivity contribution >= 4 is 27.4 Å². The van der Waals surface area contributed by atoms with Crippen LogP contribution in [-0.4, -0.2) is 17.7 Å². The Morgan fingerprint density at radius 3 is 2.06 bits per heavy atom. The van der Waals surface area contributed by atoms with Gasteiger partial charge in [0.2, 0.25) is 0 Å². The first kappa shape index (κ1) is 19.5. The van der Waals surface area contributed by atoms with Crippen LogP contribution < -0.4 is 5.32 Å². The van der Waals surface area contributed by atoms with Crippen molar-refractivity contribution in [1.29, 1.82) is 5.26 Å². The number of hydrogen-bond donors (Lipinski definition) is 1. The van der Waals surface area contributed by atoms with Gasteiger partial charge in [-0.2, -0.15) is 5.26 Å². The maximum absolute atomic E-state index is 9.49. The Morgan fingerprint density at radius 2 is 1.36 bits per heavy atom. The minimum Gasteiger partial charge on any atom is -0.312 e. The van der Waals surface area contributed by atoms with E-state index < -0.39 is 0 Å². The summed E-state index contributed by atoms with van der Waals surface area (Å²) in [4.78, 5) is 0. The van der Waals surface area contributed by atoms with Crippen LogP contribution in [0.3, 0.4) is 0 Å². The molecule has 1 aliphatic heterocycles. The number of rotatable bonds is 3. The molecule has 0 atom stereocenters. The third-order valence-corrected chi connectivity index (χ3v) is 6.60. The lowest BCUT2D eigenvalue weighted by atomic mass is 9.94. The quantitative estimate of drug-likeness (QED) is 0.348. The van der Waals surface area contributed by atoms with E-state index in [1.165, 1.54) is 32.9 Å². The first-order valence-corrected chi connectivity index (χ1v) is 11.4. The molecule has 4 aromatic carbocycles. The van der Waals surface area contributed by atoms with Gasteiger partial charge in [0.05, 0.1) is 17.1 Å². The van der Waals surface area contributed by atoms with Crippen molar-refractivity contribution in [3.63, 3.8) is 0 Å². The van der Waals surface area contributed by atoms with Crippen LogP contribution in [0.5, 0.6) is 0 Å². The number of hydrogen-bond acceptors (Lipinski definition) is 2. The van der Waals surface area contributed by atoms with E-state index in [-0.39, 0.29) is 0 Å². The predicted octanol–water partition coefficient (Wildman–Crippen LogP) is 6.72. The molecule has 0 fully saturated rings. The van der Waals surface area contributed by atoms with Crippen LogP contribution in [0.15, 0.2) is 103 Å². The molecule has 2 heterocycles. The van der Waals surface area contributed by atoms with E-state index in [4.69, 9.17) is 0 Å². The Hall–Kier alpha value is -4.13. The van der Waals surface area contributed by atoms with Gasteiger partial charge in [-0.3, -0.25) is 0 Å². The smallest absolute Gasteiger partial charge is 0.0951 e. The number of nitrogens with zero attached hydrogens (tertiary/aromatic N) is 2. The second-order valence-corrected chi connectivity index (χ2v) is 8.49. The van der Waals surface area contributed by atoms with Crippen molar-refractivity contribution in [2.45, 2.75) is 6.42 Å². The van der Waals surface area contributed by atoms with Crippen LogP contribution in [0, 0.1) is 11.3 Å². The molecule has 0 bridgehead atoms. The summed E-state index contributed by atoms with van der Waals surface area (Å²) in [6.07, 6.45) is 0.800. The molecule has 0 saturated carbocycles. The molecule has 158 valence electrons. The van der Waals surface area contributed by atoms with E-state index in [0.29, 0.717) is 0 Å². The van der Waals surface area contributed by atoms with Crippen LogP contribution in [-0.2, 0) is 0 Å². The third kappa shape index (κ3) is 3.33. The van der Waals surface area contributed by atoms with Crippen molar-refractivity contribution in [3.8, 4) is 22.9 Å². The zero-order valence-corrected chi connectivity index (χ0v) is 18.3. The Balaban J connectivity index is 1.44. The van der Waals surface area contributed by atoms with E-state index >= 15 is 0 Å². The molecule has 0 spiro atoms. The third-order valence-electron chi connectivity index (χ3n) is 6.60. The molecule has 33 heavy (non-hydrogen) atoms. The Bertz CT molecular complexity index is 1510. The number of fused-ring (bicyclic) bond motifs is 3. The zero-order chi connectivity index (χ0) is 22.2. The Labute approximate surface area is 193 Å². The molecule has 1 aromatic heterocycles. The average molecular weight is 426 g/mol. The van der Waals surface area contributed by atoms with Gasteiger partial charge in [0, 0.05) is 35.1 Å². The first-order chi connectivity index (χ1) is 16.3. The molecule has 3 heteroatoms. The summed E-state index contributed by atoms with van der Waals surface area (Å²) >= 11 is 0. The van der Waals surface area contributed by atoms with E-state index in [2.05, 4.69) is 113 Å². The van der Waals surface area contributed by atoms with Crippen molar-refractivity contribution in [2.75, 3.05) is 13.1 Å². The summed E-state index contributed by atoms with van der Waals surface area (Å²) in [6.45, 7) is 1.63. The van der Waals surface area contributed by atoms with Gasteiger partial charge in [-0.1, -0.05) is 72.8 Å². The lowest BCUT2D eigenvalue weighted by Gasteiger charge is -2.18. The maximum atomic E-state index is 9.49. The van der Waals surface area contributed by atoms with Crippen LogP contribution in [0.4, 0.5) is 0 Å². The molecule has 1 aliphatic rings. The summed E-state index contributed by atoms with van der Waals surface area (Å²) in [7, 11) is 0. The fourth-order valence-electron chi connectivity index (χ4n) is 4.97. The SMILES string of the molecule is N#CC1=C(c2ccc(-c3cccc(-n4c5ccccc5c5ccccc54)c3)cc2)CNCC1. The summed E-state index contributed by atoms with van der Waals surface area (Å²) in [5.41, 5.74) is 9.07. The highest BCUT2D eigenvalue weighted by molar-refractivity contribution is 6.09. The van der Waals surface area contributed by atoms with Gasteiger partial charge in [-0.25, -0.2) is 0 Å². The van der Waals surface area contributed by atoms with Gasteiger partial charge in [-0.05, 0) is 52.9 Å². The van der Waals surface area contributed by atoms with Crippen molar-refractivity contribution in [1.82, 2.24) is 9.88 Å². The highest BCUT2D eigenvalue weighted by Gasteiger charge is 2.14. The Morgan fingerprint density at radius 1 is 0.697 bits per heavy atom. The summed E-state index contributed by atoms with van der Waals surface area (Å²) in [5, 5.41) is 15.4. The molecule has 0 radical (unpaired) electrons. The van der Waals surface area contributed by atoms with E-state index in [0.717, 1.165) is 41.9 Å². The van der Waals surface area contributed by atoms with E-state index in [1.54, 1.807) is 0 Å². The monoisotopic (exact) mass is 425 g/mol. The maximum Gasteiger partial charge on any atom is 0.0951 e. The number of para-hydroxylation sites is 2. The van der Waals surface area contributed by atoms with Gasteiger partial charge in [0.25, 0.3) is 0 Å². The molecule has 6 rings (SSSR count). The molecule has 3 nitrogen and oxygen atoms in total. The Kier molecular flexibility index (Phi) is 4.79. The first-order valence-electron chi connectivity index (χ1n) is 11.4. The van der Waals surface area contributed by atoms with Gasteiger partial charge in [0.1, 0.15) is 0 Å². The fraction of sp³-hybridized carbons (Fsp3) is 0.100. The number of aromatic nitrogens is 1. The van der Waals surface area contributed by atoms with Crippen molar-refractivity contribution < 1.29 is 0 Å². The standard InChI is InChI=1S/C30H23N3/c31-19-24-16-17-32-20-28(24)22-14-12-21(13-15-22)23-6-5-7-25(18-23)33-29-10-3-1-8-26(29)27-9-2-4-11-30(27)33/h1-15,18,32H,16-17,20H2. The fourth-order valence-corrected chi connectivity index (χ4v) is 4.97. The van der Waals surface area contributed by atoms with Crippen molar-refractivity contribution in [2.24, 2.45) is 0 Å². The van der Waals surface area contributed by atoms with Crippen molar-refractivity contribution in [3.05, 3.63) is 108 Å². The molecular weight excluding hydrogens is 402 g/mol. The van der Waals surface area contributed by atoms with Crippen LogP contribution in [0.2, 0.25) is 0 Å². The average Bonchev–Trinajstić information content (AvgIpc) is 3.23. The zero-order valence-electron chi connectivity index (χ0n) is 18.3. The summed E-state index contributed by atoms with van der Waals surface area (Å²) in [5.74, 6) is 0. The topological polar surface area (TPSA) is 40.8 Å². The largest absolute Gasteiger partial charge is 0.312 e. The molecular formula is C30H23N3. The molecule has 0 unspecified atom stereocenters. The summed E-state index contributed by atoms with van der Waals surface area (Å²) < 4.78 is 2.35. The minimum absolute atomic E-state index is 0.755. The highest BCUT2D eigenvalue weighted by atomic mass is 15.0. The van der Waals surface area contributed by atoms with Crippen LogP contribution >= 0.6 is 0 Å². The number of benzene rings is 4. The van der Waals surface area contributed by atoms with E-state index in [1.807, 2.05) is 0 Å². The molecule has 0 amide bonds. The van der Waals surface area contributed by atoms with Crippen LogP contribution in [0.25, 0.3) is 44.2 Å². The second kappa shape index (κ2) is 8.09. The van der Waals surface area contributed by atoms with Gasteiger partial charge in [-0.15, -0.1) is 0 Å². The number of nitriles is 1. The summed E-state index contributed by atoms with van der Waals surface area (Å²) in [6, 6.07) is 36.9. The molecule has 0 aliphatic carbocycles. The number of nitrogens with one attached hydrogen (secondary N) is 1. The molecule has 5 aromatic rings. The lowest BCUT2D eigenvalue weighted by molar-refractivity contribution is 0.725. The van der Waals surface area contributed by atoms with Gasteiger partial charge < -0.3 is 9.88 Å². The molecule has 1 N–H and O–H groups in total. The van der Waals surface area contributed by atoms with E-state index in [9.17, 15) is 5.26 Å². The predicted molar refractivity (Wildman–Crippen MR) is 136 cm³/mol.